The molecule has 0 unspecified atom stereocenters. The van der Waals surface area contributed by atoms with Crippen LogP contribution in [0.2, 0.25) is 0 Å². The minimum absolute atomic E-state index is 0.183. The molecular weight excluding hydrogens is 336 g/mol. The number of hydrogen-bond donors (Lipinski definition) is 2. The maximum Gasteiger partial charge on any atom is 0.257 e. The van der Waals surface area contributed by atoms with Crippen LogP contribution in [0.1, 0.15) is 22.8 Å². The maximum absolute atomic E-state index is 12.4. The number of anilines is 2. The van der Waals surface area contributed by atoms with Crippen molar-refractivity contribution >= 4 is 34.2 Å². The van der Waals surface area contributed by atoms with E-state index in [1.807, 2.05) is 37.3 Å². The molecule has 2 aromatic carbocycles. The van der Waals surface area contributed by atoms with Crippen LogP contribution >= 0.6 is 11.5 Å². The van der Waals surface area contributed by atoms with Gasteiger partial charge < -0.3 is 5.32 Å². The molecule has 7 heteroatoms. The van der Waals surface area contributed by atoms with Crippen LogP contribution in [0.4, 0.5) is 10.8 Å². The first-order chi connectivity index (χ1) is 12.0. The summed E-state index contributed by atoms with van der Waals surface area (Å²) < 4.78 is 4.26. The van der Waals surface area contributed by atoms with Crippen LogP contribution < -0.4 is 10.6 Å². The van der Waals surface area contributed by atoms with E-state index >= 15 is 0 Å². The Morgan fingerprint density at radius 1 is 1.04 bits per heavy atom. The maximum atomic E-state index is 12.4. The molecule has 126 valence electrons. The van der Waals surface area contributed by atoms with Gasteiger partial charge in [-0.3, -0.25) is 14.9 Å². The van der Waals surface area contributed by atoms with E-state index < -0.39 is 0 Å². The summed E-state index contributed by atoms with van der Waals surface area (Å²) >= 11 is 1.12. The lowest BCUT2D eigenvalue weighted by Gasteiger charge is -2.08. The van der Waals surface area contributed by atoms with E-state index in [9.17, 15) is 9.59 Å². The van der Waals surface area contributed by atoms with Crippen LogP contribution in [-0.2, 0) is 4.79 Å². The predicted octanol–water partition coefficient (Wildman–Crippen LogP) is 3.72. The number of aromatic nitrogens is 2. The third-order valence-corrected chi connectivity index (χ3v) is 4.12. The number of aryl methyl sites for hydroxylation is 1. The first-order valence-electron chi connectivity index (χ1n) is 7.61. The van der Waals surface area contributed by atoms with E-state index in [-0.39, 0.29) is 11.8 Å². The van der Waals surface area contributed by atoms with Crippen molar-refractivity contribution in [1.29, 1.82) is 0 Å². The molecule has 3 aromatic rings. The van der Waals surface area contributed by atoms with Gasteiger partial charge >= 0.3 is 0 Å². The van der Waals surface area contributed by atoms with Gasteiger partial charge in [-0.05, 0) is 24.6 Å². The van der Waals surface area contributed by atoms with Gasteiger partial charge in [0, 0.05) is 35.3 Å². The predicted molar refractivity (Wildman–Crippen MR) is 98.8 cm³/mol. The zero-order chi connectivity index (χ0) is 17.8. The Labute approximate surface area is 149 Å². The average Bonchev–Trinajstić information content (AvgIpc) is 3.05. The largest absolute Gasteiger partial charge is 0.326 e. The molecule has 3 rings (SSSR count). The fourth-order valence-electron chi connectivity index (χ4n) is 2.24. The second-order valence-electron chi connectivity index (χ2n) is 5.45. The monoisotopic (exact) mass is 352 g/mol. The van der Waals surface area contributed by atoms with Crippen LogP contribution in [0.15, 0.2) is 48.5 Å². The summed E-state index contributed by atoms with van der Waals surface area (Å²) in [7, 11) is 0. The van der Waals surface area contributed by atoms with E-state index in [1.54, 1.807) is 18.2 Å². The molecule has 0 fully saturated rings. The molecule has 0 saturated carbocycles. The van der Waals surface area contributed by atoms with Crippen LogP contribution in [0.5, 0.6) is 0 Å². The number of nitrogens with zero attached hydrogens (tertiary/aromatic N) is 2. The molecule has 1 aromatic heterocycles. The minimum atomic E-state index is -0.303. The molecule has 0 spiro atoms. The van der Waals surface area contributed by atoms with Crippen molar-refractivity contribution in [3.63, 3.8) is 0 Å². The van der Waals surface area contributed by atoms with Gasteiger partial charge in [0.15, 0.2) is 5.82 Å². The van der Waals surface area contributed by atoms with Gasteiger partial charge in [-0.1, -0.05) is 36.4 Å². The van der Waals surface area contributed by atoms with Crippen molar-refractivity contribution < 1.29 is 9.59 Å². The van der Waals surface area contributed by atoms with Crippen molar-refractivity contribution in [2.45, 2.75) is 13.8 Å². The third-order valence-electron chi connectivity index (χ3n) is 3.49. The van der Waals surface area contributed by atoms with Gasteiger partial charge in [0.2, 0.25) is 11.0 Å². The first kappa shape index (κ1) is 16.8. The lowest BCUT2D eigenvalue weighted by molar-refractivity contribution is -0.114. The minimum Gasteiger partial charge on any atom is -0.326 e. The number of benzene rings is 2. The third kappa shape index (κ3) is 4.07. The molecule has 0 saturated heterocycles. The summed E-state index contributed by atoms with van der Waals surface area (Å²) in [5.41, 5.74) is 2.82. The Bertz CT molecular complexity index is 922. The summed E-state index contributed by atoms with van der Waals surface area (Å²) in [4.78, 5) is 28.0. The fourth-order valence-corrected chi connectivity index (χ4v) is 2.82. The van der Waals surface area contributed by atoms with E-state index in [0.717, 1.165) is 22.7 Å². The topological polar surface area (TPSA) is 84.0 Å². The van der Waals surface area contributed by atoms with Crippen LogP contribution in [-0.4, -0.2) is 21.2 Å². The van der Waals surface area contributed by atoms with Gasteiger partial charge in [0.05, 0.1) is 0 Å². The highest BCUT2D eigenvalue weighted by atomic mass is 32.1. The first-order valence-corrected chi connectivity index (χ1v) is 8.39. The quantitative estimate of drug-likeness (QED) is 0.749. The molecule has 0 aliphatic carbocycles. The summed E-state index contributed by atoms with van der Waals surface area (Å²) in [5.74, 6) is 0.0865. The number of hydrogen-bond acceptors (Lipinski definition) is 5. The lowest BCUT2D eigenvalue weighted by Crippen LogP contribution is -2.13. The SMILES string of the molecule is CC(=O)Nc1cc(C(=O)Nc2nc(-c3ccccc3)ns2)ccc1C. The fraction of sp³-hybridized carbons (Fsp3) is 0.111. The molecule has 0 atom stereocenters. The Morgan fingerprint density at radius 2 is 1.80 bits per heavy atom. The van der Waals surface area contributed by atoms with Crippen LogP contribution in [0.3, 0.4) is 0 Å². The molecule has 2 N–H and O–H groups in total. The molecule has 0 bridgehead atoms. The van der Waals surface area contributed by atoms with Crippen molar-refractivity contribution in [3.05, 3.63) is 59.7 Å². The summed E-state index contributed by atoms with van der Waals surface area (Å²) in [6.45, 7) is 3.29. The smallest absolute Gasteiger partial charge is 0.257 e. The van der Waals surface area contributed by atoms with Crippen molar-refractivity contribution in [3.8, 4) is 11.4 Å². The van der Waals surface area contributed by atoms with Gasteiger partial charge in [0.1, 0.15) is 0 Å². The number of nitrogens with one attached hydrogen (secondary N) is 2. The standard InChI is InChI=1S/C18H16N4O2S/c1-11-8-9-14(10-15(11)19-12(2)23)17(24)21-18-20-16(22-25-18)13-6-4-3-5-7-13/h3-10H,1-2H3,(H,19,23)(H,20,21,22,24). The second kappa shape index (κ2) is 7.23. The highest BCUT2D eigenvalue weighted by Crippen LogP contribution is 2.22. The van der Waals surface area contributed by atoms with Crippen molar-refractivity contribution in [2.75, 3.05) is 10.6 Å². The Hall–Kier alpha value is -3.06. The zero-order valence-electron chi connectivity index (χ0n) is 13.7. The summed E-state index contributed by atoms with van der Waals surface area (Å²) in [6.07, 6.45) is 0. The Balaban J connectivity index is 1.77. The van der Waals surface area contributed by atoms with E-state index in [1.165, 1.54) is 6.92 Å². The lowest BCUT2D eigenvalue weighted by atomic mass is 10.1. The highest BCUT2D eigenvalue weighted by Gasteiger charge is 2.13. The number of carbonyl (C=O) groups excluding carboxylic acids is 2. The molecule has 0 aliphatic heterocycles. The van der Waals surface area contributed by atoms with Crippen molar-refractivity contribution in [1.82, 2.24) is 9.36 Å². The van der Waals surface area contributed by atoms with Gasteiger partial charge in [-0.2, -0.15) is 9.36 Å². The van der Waals surface area contributed by atoms with Crippen molar-refractivity contribution in [2.24, 2.45) is 0 Å². The second-order valence-corrected chi connectivity index (χ2v) is 6.21. The van der Waals surface area contributed by atoms with Gasteiger partial charge in [-0.15, -0.1) is 0 Å². The molecule has 0 aliphatic rings. The van der Waals surface area contributed by atoms with E-state index in [0.29, 0.717) is 22.2 Å². The summed E-state index contributed by atoms with van der Waals surface area (Å²) in [6, 6.07) is 14.7. The molecule has 6 nitrogen and oxygen atoms in total. The summed E-state index contributed by atoms with van der Waals surface area (Å²) in [5, 5.41) is 5.88. The van der Waals surface area contributed by atoms with Crippen LogP contribution in [0, 0.1) is 6.92 Å². The molecule has 1 heterocycles. The number of rotatable bonds is 4. The average molecular weight is 352 g/mol. The van der Waals surface area contributed by atoms with Gasteiger partial charge in [0.25, 0.3) is 5.91 Å². The number of carbonyl (C=O) groups is 2. The molecule has 0 radical (unpaired) electrons. The Morgan fingerprint density at radius 3 is 2.52 bits per heavy atom. The highest BCUT2D eigenvalue weighted by molar-refractivity contribution is 7.10. The van der Waals surface area contributed by atoms with Gasteiger partial charge in [-0.25, -0.2) is 0 Å². The number of amides is 2. The Kier molecular flexibility index (Phi) is 4.85. The van der Waals surface area contributed by atoms with E-state index in [4.69, 9.17) is 0 Å². The van der Waals surface area contributed by atoms with E-state index in [2.05, 4.69) is 20.0 Å². The van der Waals surface area contributed by atoms with Crippen LogP contribution in [0.25, 0.3) is 11.4 Å². The molecular formula is C18H16N4O2S. The zero-order valence-corrected chi connectivity index (χ0v) is 14.6. The normalized spacial score (nSPS) is 10.3. The molecule has 25 heavy (non-hydrogen) atoms. The molecule has 2 amide bonds.